The molecule has 0 aliphatic carbocycles. The van der Waals surface area contributed by atoms with Gasteiger partial charge in [0.25, 0.3) is 0 Å². The molecular formula is C14H20N2O3. The second-order valence-corrected chi connectivity index (χ2v) is 4.80. The number of benzene rings is 1. The summed E-state index contributed by atoms with van der Waals surface area (Å²) in [7, 11) is 0. The Morgan fingerprint density at radius 2 is 2.00 bits per heavy atom. The van der Waals surface area contributed by atoms with Crippen LogP contribution in [0, 0.1) is 0 Å². The Bertz CT molecular complexity index is 446. The van der Waals surface area contributed by atoms with Gasteiger partial charge in [-0.15, -0.1) is 0 Å². The highest BCUT2D eigenvalue weighted by Crippen LogP contribution is 2.32. The maximum Gasteiger partial charge on any atom is 0.238 e. The summed E-state index contributed by atoms with van der Waals surface area (Å²) in [5, 5.41) is 5.90. The van der Waals surface area contributed by atoms with Gasteiger partial charge in [-0.25, -0.2) is 0 Å². The second kappa shape index (κ2) is 6.43. The van der Waals surface area contributed by atoms with Crippen LogP contribution in [0.25, 0.3) is 0 Å². The number of hydrogen-bond donors (Lipinski definition) is 2. The average Bonchev–Trinajstić information content (AvgIpc) is 2.61. The number of rotatable bonds is 4. The summed E-state index contributed by atoms with van der Waals surface area (Å²) in [6, 6.07) is 5.73. The molecule has 2 rings (SSSR count). The van der Waals surface area contributed by atoms with Crippen LogP contribution in [0.15, 0.2) is 18.2 Å². The molecule has 0 spiro atoms. The van der Waals surface area contributed by atoms with Gasteiger partial charge in [0.05, 0.1) is 19.8 Å². The van der Waals surface area contributed by atoms with Crippen LogP contribution in [-0.2, 0) is 4.79 Å². The highest BCUT2D eigenvalue weighted by molar-refractivity contribution is 5.92. The van der Waals surface area contributed by atoms with E-state index in [2.05, 4.69) is 10.6 Å². The smallest absolute Gasteiger partial charge is 0.238 e. The van der Waals surface area contributed by atoms with Crippen molar-refractivity contribution in [2.24, 2.45) is 0 Å². The SMILES string of the molecule is CC(C)NCC(=O)Nc1ccc2c(c1)OCCCO2. The second-order valence-electron chi connectivity index (χ2n) is 4.80. The zero-order chi connectivity index (χ0) is 13.7. The van der Waals surface area contributed by atoms with Gasteiger partial charge < -0.3 is 20.1 Å². The third-order valence-corrected chi connectivity index (χ3v) is 2.70. The molecular weight excluding hydrogens is 244 g/mol. The summed E-state index contributed by atoms with van der Waals surface area (Å²) in [6.07, 6.45) is 0.870. The number of amides is 1. The average molecular weight is 264 g/mol. The van der Waals surface area contributed by atoms with Crippen LogP contribution < -0.4 is 20.1 Å². The standard InChI is InChI=1S/C14H20N2O3/c1-10(2)15-9-14(17)16-11-4-5-12-13(8-11)19-7-3-6-18-12/h4-5,8,10,15H,3,6-7,9H2,1-2H3,(H,16,17). The van der Waals surface area contributed by atoms with Crippen molar-refractivity contribution >= 4 is 11.6 Å². The summed E-state index contributed by atoms with van der Waals surface area (Å²) in [4.78, 5) is 11.7. The minimum absolute atomic E-state index is 0.0665. The normalized spacial score (nSPS) is 14.1. The van der Waals surface area contributed by atoms with E-state index in [0.717, 1.165) is 17.9 Å². The number of ether oxygens (including phenoxy) is 2. The van der Waals surface area contributed by atoms with E-state index < -0.39 is 0 Å². The fourth-order valence-corrected chi connectivity index (χ4v) is 1.74. The molecule has 0 saturated carbocycles. The predicted octanol–water partition coefficient (Wildman–Crippen LogP) is 1.78. The van der Waals surface area contributed by atoms with Gasteiger partial charge in [-0.2, -0.15) is 0 Å². The molecule has 5 nitrogen and oxygen atoms in total. The molecule has 1 aromatic rings. The van der Waals surface area contributed by atoms with Crippen molar-refractivity contribution in [3.05, 3.63) is 18.2 Å². The molecule has 1 amide bonds. The van der Waals surface area contributed by atoms with Crippen molar-refractivity contribution in [3.8, 4) is 11.5 Å². The lowest BCUT2D eigenvalue weighted by Gasteiger charge is -2.11. The summed E-state index contributed by atoms with van der Waals surface area (Å²) in [5.74, 6) is 1.35. The van der Waals surface area contributed by atoms with E-state index in [0.29, 0.717) is 25.5 Å². The molecule has 1 heterocycles. The Hall–Kier alpha value is -1.75. The van der Waals surface area contributed by atoms with Crippen LogP contribution in [0.4, 0.5) is 5.69 Å². The van der Waals surface area contributed by atoms with Crippen molar-refractivity contribution < 1.29 is 14.3 Å². The van der Waals surface area contributed by atoms with Crippen LogP contribution in [0.1, 0.15) is 20.3 Å². The van der Waals surface area contributed by atoms with Gasteiger partial charge in [-0.3, -0.25) is 4.79 Å². The molecule has 0 atom stereocenters. The molecule has 2 N–H and O–H groups in total. The van der Waals surface area contributed by atoms with E-state index in [1.54, 1.807) is 6.07 Å². The molecule has 0 saturated heterocycles. The Morgan fingerprint density at radius 1 is 1.26 bits per heavy atom. The first-order valence-electron chi connectivity index (χ1n) is 6.58. The largest absolute Gasteiger partial charge is 0.490 e. The molecule has 0 fully saturated rings. The molecule has 104 valence electrons. The van der Waals surface area contributed by atoms with E-state index in [4.69, 9.17) is 9.47 Å². The third kappa shape index (κ3) is 4.13. The summed E-state index contributed by atoms with van der Waals surface area (Å²) in [5.41, 5.74) is 0.722. The van der Waals surface area contributed by atoms with Crippen LogP contribution in [0.2, 0.25) is 0 Å². The van der Waals surface area contributed by atoms with E-state index in [-0.39, 0.29) is 11.9 Å². The quantitative estimate of drug-likeness (QED) is 0.870. The van der Waals surface area contributed by atoms with Crippen molar-refractivity contribution in [3.63, 3.8) is 0 Å². The van der Waals surface area contributed by atoms with E-state index >= 15 is 0 Å². The van der Waals surface area contributed by atoms with Crippen molar-refractivity contribution in [1.82, 2.24) is 5.32 Å². The molecule has 0 radical (unpaired) electrons. The molecule has 1 aliphatic rings. The number of nitrogens with one attached hydrogen (secondary N) is 2. The van der Waals surface area contributed by atoms with Gasteiger partial charge in [0.2, 0.25) is 5.91 Å². The van der Waals surface area contributed by atoms with Crippen molar-refractivity contribution in [2.45, 2.75) is 26.3 Å². The van der Waals surface area contributed by atoms with E-state index in [1.165, 1.54) is 0 Å². The summed E-state index contributed by atoms with van der Waals surface area (Å²) in [6.45, 7) is 5.60. The molecule has 0 bridgehead atoms. The van der Waals surface area contributed by atoms with Gasteiger partial charge in [0.15, 0.2) is 11.5 Å². The maximum atomic E-state index is 11.7. The molecule has 0 aromatic heterocycles. The fourth-order valence-electron chi connectivity index (χ4n) is 1.74. The van der Waals surface area contributed by atoms with Gasteiger partial charge in [-0.05, 0) is 12.1 Å². The third-order valence-electron chi connectivity index (χ3n) is 2.70. The van der Waals surface area contributed by atoms with Crippen LogP contribution in [0.3, 0.4) is 0 Å². The van der Waals surface area contributed by atoms with Gasteiger partial charge in [0.1, 0.15) is 0 Å². The maximum absolute atomic E-state index is 11.7. The first-order valence-corrected chi connectivity index (χ1v) is 6.58. The Morgan fingerprint density at radius 3 is 2.74 bits per heavy atom. The summed E-state index contributed by atoms with van der Waals surface area (Å²) >= 11 is 0. The van der Waals surface area contributed by atoms with E-state index in [9.17, 15) is 4.79 Å². The van der Waals surface area contributed by atoms with Gasteiger partial charge >= 0.3 is 0 Å². The lowest BCUT2D eigenvalue weighted by molar-refractivity contribution is -0.115. The first-order chi connectivity index (χ1) is 9.15. The molecule has 0 unspecified atom stereocenters. The fraction of sp³-hybridized carbons (Fsp3) is 0.500. The number of anilines is 1. The van der Waals surface area contributed by atoms with Gasteiger partial charge in [0, 0.05) is 24.2 Å². The molecule has 5 heteroatoms. The Kier molecular flexibility index (Phi) is 4.63. The number of fused-ring (bicyclic) bond motifs is 1. The Balaban J connectivity index is 1.97. The monoisotopic (exact) mass is 264 g/mol. The van der Waals surface area contributed by atoms with Crippen LogP contribution >= 0.6 is 0 Å². The van der Waals surface area contributed by atoms with Crippen LogP contribution in [-0.4, -0.2) is 31.7 Å². The number of carbonyl (C=O) groups is 1. The highest BCUT2D eigenvalue weighted by Gasteiger charge is 2.11. The summed E-state index contributed by atoms with van der Waals surface area (Å²) < 4.78 is 11.1. The topological polar surface area (TPSA) is 59.6 Å². The van der Waals surface area contributed by atoms with Crippen molar-refractivity contribution in [2.75, 3.05) is 25.1 Å². The lowest BCUT2D eigenvalue weighted by Crippen LogP contribution is -2.32. The zero-order valence-corrected chi connectivity index (χ0v) is 11.4. The molecule has 1 aliphatic heterocycles. The zero-order valence-electron chi connectivity index (χ0n) is 11.4. The first kappa shape index (κ1) is 13.7. The van der Waals surface area contributed by atoms with Gasteiger partial charge in [-0.1, -0.05) is 13.8 Å². The Labute approximate surface area is 113 Å². The van der Waals surface area contributed by atoms with Crippen LogP contribution in [0.5, 0.6) is 11.5 Å². The minimum atomic E-state index is -0.0665. The van der Waals surface area contributed by atoms with Crippen molar-refractivity contribution in [1.29, 1.82) is 0 Å². The minimum Gasteiger partial charge on any atom is -0.490 e. The predicted molar refractivity (Wildman–Crippen MR) is 73.8 cm³/mol. The molecule has 1 aromatic carbocycles. The molecule has 19 heavy (non-hydrogen) atoms. The highest BCUT2D eigenvalue weighted by atomic mass is 16.5. The number of hydrogen-bond acceptors (Lipinski definition) is 4. The lowest BCUT2D eigenvalue weighted by atomic mass is 10.2. The number of carbonyl (C=O) groups excluding carboxylic acids is 1. The van der Waals surface area contributed by atoms with E-state index in [1.807, 2.05) is 26.0 Å².